The Labute approximate surface area is 127 Å². The third-order valence-electron chi connectivity index (χ3n) is 2.86. The van der Waals surface area contributed by atoms with Gasteiger partial charge in [0.15, 0.2) is 0 Å². The number of carbonyl (C=O) groups excluding carboxylic acids is 1. The lowest BCUT2D eigenvalue weighted by atomic mass is 10.1. The van der Waals surface area contributed by atoms with Crippen LogP contribution in [0.2, 0.25) is 5.02 Å². The first-order valence-electron chi connectivity index (χ1n) is 6.07. The number of nitrogens with one attached hydrogen (secondary N) is 1. The number of halogens is 1. The summed E-state index contributed by atoms with van der Waals surface area (Å²) < 4.78 is 10.1. The summed E-state index contributed by atoms with van der Waals surface area (Å²) in [6.45, 7) is 0. The van der Waals surface area contributed by atoms with Crippen LogP contribution in [0.25, 0.3) is 0 Å². The summed E-state index contributed by atoms with van der Waals surface area (Å²) >= 11 is 5.90. The number of phenols is 1. The summed E-state index contributed by atoms with van der Waals surface area (Å²) in [7, 11) is 2.97. The van der Waals surface area contributed by atoms with E-state index in [1.54, 1.807) is 24.3 Å². The Hall–Kier alpha value is -2.40. The maximum absolute atomic E-state index is 12.2. The molecule has 0 radical (unpaired) electrons. The molecule has 6 heteroatoms. The topological polar surface area (TPSA) is 67.8 Å². The number of benzene rings is 2. The smallest absolute Gasteiger partial charge is 0.259 e. The molecule has 0 aliphatic heterocycles. The number of anilines is 1. The Morgan fingerprint density at radius 1 is 1.14 bits per heavy atom. The van der Waals surface area contributed by atoms with Gasteiger partial charge in [-0.05, 0) is 30.3 Å². The highest BCUT2D eigenvalue weighted by Gasteiger charge is 2.14. The molecule has 0 saturated carbocycles. The van der Waals surface area contributed by atoms with Gasteiger partial charge in [-0.25, -0.2) is 0 Å². The summed E-state index contributed by atoms with van der Waals surface area (Å²) in [6.07, 6.45) is 0. The monoisotopic (exact) mass is 307 g/mol. The van der Waals surface area contributed by atoms with Gasteiger partial charge in [0, 0.05) is 11.1 Å². The van der Waals surface area contributed by atoms with Crippen LogP contribution in [-0.4, -0.2) is 25.2 Å². The summed E-state index contributed by atoms with van der Waals surface area (Å²) in [6, 6.07) is 9.29. The van der Waals surface area contributed by atoms with Crippen LogP contribution in [0.4, 0.5) is 5.69 Å². The number of phenolic OH excluding ortho intramolecular Hbond substituents is 1. The lowest BCUT2D eigenvalue weighted by Gasteiger charge is -2.11. The Kier molecular flexibility index (Phi) is 4.55. The number of rotatable bonds is 4. The van der Waals surface area contributed by atoms with E-state index < -0.39 is 5.91 Å². The molecule has 0 aliphatic rings. The van der Waals surface area contributed by atoms with E-state index in [9.17, 15) is 9.90 Å². The fraction of sp³-hybridized carbons (Fsp3) is 0.133. The number of methoxy groups -OCH3 is 2. The zero-order valence-corrected chi connectivity index (χ0v) is 12.3. The molecule has 0 atom stereocenters. The molecular weight excluding hydrogens is 294 g/mol. The lowest BCUT2D eigenvalue weighted by molar-refractivity contribution is 0.102. The van der Waals surface area contributed by atoms with Crippen molar-refractivity contribution in [1.82, 2.24) is 0 Å². The van der Waals surface area contributed by atoms with Gasteiger partial charge in [-0.15, -0.1) is 0 Å². The van der Waals surface area contributed by atoms with Crippen molar-refractivity contribution in [2.24, 2.45) is 0 Å². The second-order valence-corrected chi connectivity index (χ2v) is 4.62. The molecule has 0 fully saturated rings. The molecule has 21 heavy (non-hydrogen) atoms. The van der Waals surface area contributed by atoms with Crippen LogP contribution >= 0.6 is 11.6 Å². The molecule has 2 rings (SSSR count). The normalized spacial score (nSPS) is 10.0. The van der Waals surface area contributed by atoms with Crippen LogP contribution in [0.5, 0.6) is 17.2 Å². The van der Waals surface area contributed by atoms with Crippen molar-refractivity contribution < 1.29 is 19.4 Å². The predicted octanol–water partition coefficient (Wildman–Crippen LogP) is 3.32. The van der Waals surface area contributed by atoms with Crippen LogP contribution < -0.4 is 14.8 Å². The van der Waals surface area contributed by atoms with Crippen LogP contribution in [0, 0.1) is 0 Å². The second-order valence-electron chi connectivity index (χ2n) is 4.18. The third kappa shape index (κ3) is 3.38. The quantitative estimate of drug-likeness (QED) is 0.909. The second kappa shape index (κ2) is 6.37. The number of amides is 1. The number of ether oxygens (including phenoxy) is 2. The molecule has 2 aromatic carbocycles. The van der Waals surface area contributed by atoms with Gasteiger partial charge in [0.2, 0.25) is 0 Å². The molecule has 0 unspecified atom stereocenters. The van der Waals surface area contributed by atoms with Gasteiger partial charge in [-0.3, -0.25) is 4.79 Å². The van der Waals surface area contributed by atoms with Crippen LogP contribution in [0.1, 0.15) is 10.4 Å². The van der Waals surface area contributed by atoms with Gasteiger partial charge in [0.05, 0.1) is 25.5 Å². The molecule has 0 spiro atoms. The third-order valence-corrected chi connectivity index (χ3v) is 3.09. The predicted molar refractivity (Wildman–Crippen MR) is 80.6 cm³/mol. The van der Waals surface area contributed by atoms with Crippen LogP contribution in [0.15, 0.2) is 36.4 Å². The van der Waals surface area contributed by atoms with Crippen molar-refractivity contribution in [3.05, 3.63) is 47.0 Å². The van der Waals surface area contributed by atoms with Crippen molar-refractivity contribution in [3.8, 4) is 17.2 Å². The van der Waals surface area contributed by atoms with E-state index in [2.05, 4.69) is 5.32 Å². The molecular formula is C15H14ClNO4. The Morgan fingerprint density at radius 3 is 2.52 bits per heavy atom. The largest absolute Gasteiger partial charge is 0.507 e. The van der Waals surface area contributed by atoms with E-state index >= 15 is 0 Å². The molecule has 5 nitrogen and oxygen atoms in total. The minimum Gasteiger partial charge on any atom is -0.507 e. The van der Waals surface area contributed by atoms with E-state index in [1.165, 1.54) is 26.4 Å². The van der Waals surface area contributed by atoms with Gasteiger partial charge >= 0.3 is 0 Å². The van der Waals surface area contributed by atoms with E-state index in [1.807, 2.05) is 0 Å². The van der Waals surface area contributed by atoms with Gasteiger partial charge in [0.25, 0.3) is 5.91 Å². The maximum Gasteiger partial charge on any atom is 0.259 e. The zero-order valence-electron chi connectivity index (χ0n) is 11.5. The van der Waals surface area contributed by atoms with Crippen molar-refractivity contribution in [2.75, 3.05) is 19.5 Å². The van der Waals surface area contributed by atoms with Gasteiger partial charge < -0.3 is 19.9 Å². The van der Waals surface area contributed by atoms with Crippen molar-refractivity contribution in [3.63, 3.8) is 0 Å². The molecule has 2 N–H and O–H groups in total. The minimum absolute atomic E-state index is 0.123. The molecule has 2 aromatic rings. The minimum atomic E-state index is -0.476. The fourth-order valence-electron chi connectivity index (χ4n) is 1.80. The van der Waals surface area contributed by atoms with Crippen molar-refractivity contribution >= 4 is 23.2 Å². The molecule has 0 aliphatic carbocycles. The van der Waals surface area contributed by atoms with Crippen molar-refractivity contribution in [2.45, 2.75) is 0 Å². The summed E-state index contributed by atoms with van der Waals surface area (Å²) in [5.74, 6) is 0.286. The molecule has 0 aromatic heterocycles. The summed E-state index contributed by atoms with van der Waals surface area (Å²) in [5, 5.41) is 13.0. The molecule has 0 heterocycles. The van der Waals surface area contributed by atoms with E-state index in [4.69, 9.17) is 21.1 Å². The highest BCUT2D eigenvalue weighted by atomic mass is 35.5. The van der Waals surface area contributed by atoms with Gasteiger partial charge in [-0.1, -0.05) is 11.6 Å². The number of aromatic hydroxyl groups is 1. The Bertz CT molecular complexity index is 673. The van der Waals surface area contributed by atoms with Gasteiger partial charge in [0.1, 0.15) is 17.2 Å². The van der Waals surface area contributed by atoms with E-state index in [0.29, 0.717) is 22.2 Å². The highest BCUT2D eigenvalue weighted by Crippen LogP contribution is 2.29. The molecule has 0 saturated heterocycles. The maximum atomic E-state index is 12.2. The summed E-state index contributed by atoms with van der Waals surface area (Å²) in [4.78, 5) is 12.2. The molecule has 0 bridgehead atoms. The number of carbonyl (C=O) groups is 1. The number of hydrogen-bond acceptors (Lipinski definition) is 4. The summed E-state index contributed by atoms with van der Waals surface area (Å²) in [5.41, 5.74) is 0.544. The van der Waals surface area contributed by atoms with Crippen molar-refractivity contribution in [1.29, 1.82) is 0 Å². The first-order valence-corrected chi connectivity index (χ1v) is 6.45. The van der Waals surface area contributed by atoms with Crippen LogP contribution in [0.3, 0.4) is 0 Å². The zero-order chi connectivity index (χ0) is 15.4. The first kappa shape index (κ1) is 15.0. The van der Waals surface area contributed by atoms with Gasteiger partial charge in [-0.2, -0.15) is 0 Å². The van der Waals surface area contributed by atoms with E-state index in [-0.39, 0.29) is 11.3 Å². The standard InChI is InChI=1S/C15H14ClNO4/c1-20-10-4-5-11(13(18)8-10)15(19)17-12-7-9(16)3-6-14(12)21-2/h3-8,18H,1-2H3,(H,17,19). The molecule has 1 amide bonds. The lowest BCUT2D eigenvalue weighted by Crippen LogP contribution is -2.13. The average Bonchev–Trinajstić information content (AvgIpc) is 2.47. The SMILES string of the molecule is COc1ccc(C(=O)Nc2cc(Cl)ccc2OC)c(O)c1. The van der Waals surface area contributed by atoms with Crippen LogP contribution in [-0.2, 0) is 0 Å². The highest BCUT2D eigenvalue weighted by molar-refractivity contribution is 6.31. The Morgan fingerprint density at radius 2 is 1.90 bits per heavy atom. The van der Waals surface area contributed by atoms with E-state index in [0.717, 1.165) is 0 Å². The first-order chi connectivity index (χ1) is 10.0. The average molecular weight is 308 g/mol. The fourth-order valence-corrected chi connectivity index (χ4v) is 1.97. The number of hydrogen-bond donors (Lipinski definition) is 2. The molecule has 110 valence electrons. The Balaban J connectivity index is 2.28.